The van der Waals surface area contributed by atoms with E-state index in [4.69, 9.17) is 0 Å². The van der Waals surface area contributed by atoms with Crippen molar-refractivity contribution in [1.82, 2.24) is 9.88 Å². The first-order valence-electron chi connectivity index (χ1n) is 9.79. The lowest BCUT2D eigenvalue weighted by molar-refractivity contribution is -0.558. The summed E-state index contributed by atoms with van der Waals surface area (Å²) in [5.41, 5.74) is 1.32. The maximum atomic E-state index is 13.1. The average molecular weight is 456 g/mol. The fraction of sp³-hybridized carbons (Fsp3) is 0.227. The number of carbonyl (C=O) groups is 1. The van der Waals surface area contributed by atoms with Crippen molar-refractivity contribution in [3.63, 3.8) is 0 Å². The Labute approximate surface area is 185 Å². The quantitative estimate of drug-likeness (QED) is 0.667. The number of rotatable bonds is 3. The van der Waals surface area contributed by atoms with Gasteiger partial charge in [0.25, 0.3) is 5.91 Å². The second-order valence-corrected chi connectivity index (χ2v) is 8.65. The van der Waals surface area contributed by atoms with E-state index in [1.165, 1.54) is 17.0 Å². The second kappa shape index (κ2) is 7.70. The number of halogens is 3. The Kier molecular flexibility index (Phi) is 4.96. The van der Waals surface area contributed by atoms with Crippen molar-refractivity contribution in [3.05, 3.63) is 83.5 Å². The summed E-state index contributed by atoms with van der Waals surface area (Å²) in [7, 11) is 1.68. The van der Waals surface area contributed by atoms with Crippen LogP contribution in [0.4, 0.5) is 13.2 Å². The van der Waals surface area contributed by atoms with Crippen LogP contribution in [0.3, 0.4) is 0 Å². The molecule has 10 heteroatoms. The Morgan fingerprint density at radius 1 is 1.22 bits per heavy atom. The van der Waals surface area contributed by atoms with E-state index in [1.807, 2.05) is 24.3 Å². The molecule has 0 spiro atoms. The molecule has 1 aromatic heterocycles. The van der Waals surface area contributed by atoms with Gasteiger partial charge in [-0.15, -0.1) is 0 Å². The topological polar surface area (TPSA) is 61.8 Å². The van der Waals surface area contributed by atoms with Gasteiger partial charge in [-0.2, -0.15) is 17.7 Å². The zero-order chi connectivity index (χ0) is 22.5. The Balaban J connectivity index is 1.39. The van der Waals surface area contributed by atoms with E-state index in [0.29, 0.717) is 17.9 Å². The van der Waals surface area contributed by atoms with Gasteiger partial charge in [-0.25, -0.2) is 4.98 Å². The second-order valence-electron chi connectivity index (χ2n) is 7.45. The maximum Gasteiger partial charge on any atom is 0.416 e. The maximum absolute atomic E-state index is 13.1. The number of nitrogens with zero attached hydrogens (tertiary/aromatic N) is 5. The number of hydrogen-bond donors (Lipinski definition) is 0. The Bertz CT molecular complexity index is 1220. The molecule has 3 aliphatic rings. The van der Waals surface area contributed by atoms with Gasteiger partial charge >= 0.3 is 12.0 Å². The average Bonchev–Trinajstić information content (AvgIpc) is 3.41. The van der Waals surface area contributed by atoms with Crippen LogP contribution in [0.15, 0.2) is 70.9 Å². The SMILES string of the molecule is CN(C(=O)c1c[n+]2c(cn1)CN=C2c1ccc(C(F)(F)F)cc1)C1N=C2C=CC=CC2S1. The minimum Gasteiger partial charge on any atom is -0.309 e. The van der Waals surface area contributed by atoms with Crippen molar-refractivity contribution in [3.8, 4) is 0 Å². The minimum atomic E-state index is -4.40. The van der Waals surface area contributed by atoms with Gasteiger partial charge in [-0.3, -0.25) is 9.79 Å². The number of carbonyl (C=O) groups excluding carboxylic acids is 1. The molecule has 0 fully saturated rings. The molecule has 0 bridgehead atoms. The first-order valence-corrected chi connectivity index (χ1v) is 10.7. The molecule has 5 rings (SSSR count). The van der Waals surface area contributed by atoms with Crippen molar-refractivity contribution in [1.29, 1.82) is 0 Å². The number of hydrogen-bond acceptors (Lipinski definition) is 5. The van der Waals surface area contributed by atoms with Crippen LogP contribution in [-0.4, -0.2) is 45.1 Å². The zero-order valence-corrected chi connectivity index (χ0v) is 17.6. The molecule has 0 saturated heterocycles. The highest BCUT2D eigenvalue weighted by atomic mass is 32.2. The lowest BCUT2D eigenvalue weighted by atomic mass is 10.1. The monoisotopic (exact) mass is 456 g/mol. The zero-order valence-electron chi connectivity index (χ0n) is 16.8. The van der Waals surface area contributed by atoms with E-state index in [0.717, 1.165) is 23.5 Å². The number of allylic oxidation sites excluding steroid dienone is 3. The summed E-state index contributed by atoms with van der Waals surface area (Å²) in [6, 6.07) is 4.81. The highest BCUT2D eigenvalue weighted by Gasteiger charge is 2.35. The molecule has 2 aliphatic heterocycles. The van der Waals surface area contributed by atoms with Crippen LogP contribution in [0.25, 0.3) is 0 Å². The number of fused-ring (bicyclic) bond motifs is 2. The van der Waals surface area contributed by atoms with Gasteiger partial charge in [-0.1, -0.05) is 35.0 Å². The number of aromatic nitrogens is 2. The molecule has 1 aromatic carbocycles. The number of aliphatic imine (C=N–C) groups is 2. The third-order valence-electron chi connectivity index (χ3n) is 5.36. The Hall–Kier alpha value is -3.27. The Morgan fingerprint density at radius 3 is 2.72 bits per heavy atom. The number of amides is 1. The summed E-state index contributed by atoms with van der Waals surface area (Å²) in [6.45, 7) is 0.333. The highest BCUT2D eigenvalue weighted by Crippen LogP contribution is 2.33. The third-order valence-corrected chi connectivity index (χ3v) is 6.71. The molecule has 2 aromatic rings. The molecule has 1 aliphatic carbocycles. The predicted octanol–water partition coefficient (Wildman–Crippen LogP) is 3.23. The van der Waals surface area contributed by atoms with Gasteiger partial charge in [0.05, 0.1) is 28.3 Å². The lowest BCUT2D eigenvalue weighted by Gasteiger charge is -2.21. The molecule has 0 N–H and O–H groups in total. The molecule has 0 radical (unpaired) electrons. The molecule has 162 valence electrons. The van der Waals surface area contributed by atoms with Crippen molar-refractivity contribution >= 4 is 29.2 Å². The van der Waals surface area contributed by atoms with E-state index in [1.54, 1.807) is 35.8 Å². The molecule has 6 nitrogen and oxygen atoms in total. The molecular weight excluding hydrogens is 439 g/mol. The van der Waals surface area contributed by atoms with Gasteiger partial charge in [0.2, 0.25) is 0 Å². The van der Waals surface area contributed by atoms with Gasteiger partial charge in [0.1, 0.15) is 6.20 Å². The Morgan fingerprint density at radius 2 is 2.00 bits per heavy atom. The van der Waals surface area contributed by atoms with Gasteiger partial charge in [-0.05, 0) is 30.3 Å². The molecule has 3 heterocycles. The number of alkyl halides is 3. The van der Waals surface area contributed by atoms with Gasteiger partial charge in [0, 0.05) is 7.05 Å². The largest absolute Gasteiger partial charge is 0.416 e. The third kappa shape index (κ3) is 3.64. The fourth-order valence-electron chi connectivity index (χ4n) is 3.63. The van der Waals surface area contributed by atoms with Gasteiger partial charge in [0.15, 0.2) is 23.4 Å². The van der Waals surface area contributed by atoms with Crippen LogP contribution < -0.4 is 4.57 Å². The molecule has 32 heavy (non-hydrogen) atoms. The van der Waals surface area contributed by atoms with Gasteiger partial charge < -0.3 is 4.90 Å². The summed E-state index contributed by atoms with van der Waals surface area (Å²) in [4.78, 5) is 28.0. The molecule has 2 atom stereocenters. The highest BCUT2D eigenvalue weighted by molar-refractivity contribution is 8.01. The van der Waals surface area contributed by atoms with E-state index in [9.17, 15) is 18.0 Å². The summed E-state index contributed by atoms with van der Waals surface area (Å²) < 4.78 is 40.3. The number of benzene rings is 1. The van der Waals surface area contributed by atoms with Crippen LogP contribution in [-0.2, 0) is 12.7 Å². The minimum absolute atomic E-state index is 0.126. The smallest absolute Gasteiger partial charge is 0.309 e. The van der Waals surface area contributed by atoms with E-state index >= 15 is 0 Å². The summed E-state index contributed by atoms with van der Waals surface area (Å²) >= 11 is 1.56. The van der Waals surface area contributed by atoms with Crippen molar-refractivity contribution < 1.29 is 22.5 Å². The van der Waals surface area contributed by atoms with Crippen LogP contribution in [0.1, 0.15) is 27.3 Å². The first kappa shape index (κ1) is 20.6. The normalized spacial score (nSPS) is 21.1. The van der Waals surface area contributed by atoms with Crippen LogP contribution in [0.5, 0.6) is 0 Å². The molecular formula is C22H17F3N5OS+. The molecule has 1 amide bonds. The van der Waals surface area contributed by atoms with E-state index < -0.39 is 11.7 Å². The summed E-state index contributed by atoms with van der Waals surface area (Å²) in [5.74, 6) is 0.178. The lowest BCUT2D eigenvalue weighted by Crippen LogP contribution is -2.45. The summed E-state index contributed by atoms with van der Waals surface area (Å²) in [6.07, 6.45) is 6.60. The van der Waals surface area contributed by atoms with Crippen molar-refractivity contribution in [2.45, 2.75) is 23.5 Å². The predicted molar refractivity (Wildman–Crippen MR) is 114 cm³/mol. The fourth-order valence-corrected chi connectivity index (χ4v) is 4.82. The summed E-state index contributed by atoms with van der Waals surface area (Å²) in [5, 5.41) is 0.126. The first-order chi connectivity index (χ1) is 15.3. The van der Waals surface area contributed by atoms with Crippen molar-refractivity contribution in [2.75, 3.05) is 7.05 Å². The van der Waals surface area contributed by atoms with E-state index in [-0.39, 0.29) is 22.3 Å². The van der Waals surface area contributed by atoms with Crippen LogP contribution in [0, 0.1) is 0 Å². The standard InChI is InChI=1S/C22H17F3N5OS/c1-29(21-28-16-4-2-3-5-18(16)32-21)20(31)17-12-30-15(10-26-17)11-27-19(30)13-6-8-14(9-7-13)22(23,24)25/h2-10,12,18,21H,11H2,1H3/q+1. The number of thioether (sulfide) groups is 1. The van der Waals surface area contributed by atoms with Crippen LogP contribution in [0.2, 0.25) is 0 Å². The van der Waals surface area contributed by atoms with Crippen LogP contribution >= 0.6 is 11.8 Å². The molecule has 0 saturated carbocycles. The van der Waals surface area contributed by atoms with E-state index in [2.05, 4.69) is 15.0 Å². The molecule has 2 unspecified atom stereocenters. The van der Waals surface area contributed by atoms with Crippen molar-refractivity contribution in [2.24, 2.45) is 9.98 Å².